The van der Waals surface area contributed by atoms with Gasteiger partial charge in [0.2, 0.25) is 0 Å². The number of hydrogen-bond acceptors (Lipinski definition) is 4. The van der Waals surface area contributed by atoms with Gasteiger partial charge in [0.25, 0.3) is 0 Å². The minimum absolute atomic E-state index is 0.356. The molecule has 0 saturated carbocycles. The van der Waals surface area contributed by atoms with E-state index in [0.29, 0.717) is 11.6 Å². The molecule has 0 fully saturated rings. The van der Waals surface area contributed by atoms with Crippen LogP contribution >= 0.6 is 11.6 Å². The largest absolute Gasteiger partial charge is 0.308 e. The molecule has 0 spiro atoms. The van der Waals surface area contributed by atoms with E-state index in [2.05, 4.69) is 10.1 Å². The Labute approximate surface area is 98.0 Å². The summed E-state index contributed by atoms with van der Waals surface area (Å²) >= 11 is 5.80. The zero-order valence-electron chi connectivity index (χ0n) is 8.55. The molecule has 6 heteroatoms. The molecule has 0 aliphatic heterocycles. The molecule has 0 atom stereocenters. The number of rotatable bonds is 3. The number of nitrogens with two attached hydrogens (primary N) is 2. The van der Waals surface area contributed by atoms with Gasteiger partial charge in [-0.05, 0) is 17.7 Å². The van der Waals surface area contributed by atoms with Crippen LogP contribution in [0, 0.1) is 0 Å². The van der Waals surface area contributed by atoms with Crippen molar-refractivity contribution in [3.05, 3.63) is 47.5 Å². The van der Waals surface area contributed by atoms with Crippen molar-refractivity contribution in [1.29, 1.82) is 0 Å². The van der Waals surface area contributed by atoms with Gasteiger partial charge in [-0.25, -0.2) is 9.67 Å². The van der Waals surface area contributed by atoms with Crippen molar-refractivity contribution in [2.45, 2.75) is 12.2 Å². The number of aromatic nitrogens is 3. The second-order valence-corrected chi connectivity index (χ2v) is 4.08. The molecule has 0 bridgehead atoms. The summed E-state index contributed by atoms with van der Waals surface area (Å²) < 4.78 is 1.59. The van der Waals surface area contributed by atoms with Crippen LogP contribution in [0.4, 0.5) is 0 Å². The van der Waals surface area contributed by atoms with E-state index in [0.717, 1.165) is 5.56 Å². The summed E-state index contributed by atoms with van der Waals surface area (Å²) in [5.74, 6) is 0. The summed E-state index contributed by atoms with van der Waals surface area (Å²) in [6, 6.07) is 7.12. The van der Waals surface area contributed by atoms with E-state index in [9.17, 15) is 0 Å². The Morgan fingerprint density at radius 1 is 1.25 bits per heavy atom. The van der Waals surface area contributed by atoms with Crippen molar-refractivity contribution in [2.24, 2.45) is 11.5 Å². The van der Waals surface area contributed by atoms with E-state index in [1.807, 2.05) is 0 Å². The van der Waals surface area contributed by atoms with Crippen LogP contribution in [0.5, 0.6) is 0 Å². The minimum atomic E-state index is -0.988. The number of benzene rings is 1. The van der Waals surface area contributed by atoms with Crippen LogP contribution in [0.2, 0.25) is 5.02 Å². The minimum Gasteiger partial charge on any atom is -0.308 e. The Morgan fingerprint density at radius 2 is 1.94 bits per heavy atom. The van der Waals surface area contributed by atoms with Crippen LogP contribution < -0.4 is 11.5 Å². The van der Waals surface area contributed by atoms with E-state index in [-0.39, 0.29) is 0 Å². The molecule has 2 aromatic rings. The molecule has 1 heterocycles. The van der Waals surface area contributed by atoms with E-state index in [1.54, 1.807) is 35.3 Å². The van der Waals surface area contributed by atoms with Gasteiger partial charge in [-0.15, -0.1) is 0 Å². The molecule has 1 aromatic carbocycles. The molecular formula is C10H12ClN5. The zero-order valence-corrected chi connectivity index (χ0v) is 9.30. The highest BCUT2D eigenvalue weighted by Gasteiger charge is 2.22. The molecule has 0 amide bonds. The topological polar surface area (TPSA) is 82.8 Å². The molecule has 4 N–H and O–H groups in total. The first-order chi connectivity index (χ1) is 7.58. The molecule has 1 aromatic heterocycles. The fraction of sp³-hybridized carbons (Fsp3) is 0.200. The Bertz CT molecular complexity index is 449. The fourth-order valence-electron chi connectivity index (χ4n) is 1.43. The van der Waals surface area contributed by atoms with Gasteiger partial charge in [-0.2, -0.15) is 5.10 Å². The predicted octanol–water partition coefficient (Wildman–Crippen LogP) is 0.702. The van der Waals surface area contributed by atoms with Crippen LogP contribution in [0.15, 0.2) is 36.9 Å². The molecule has 84 valence electrons. The summed E-state index contributed by atoms with van der Waals surface area (Å²) in [6.07, 6.45) is 3.02. The smallest absolute Gasteiger partial charge is 0.137 e. The molecular weight excluding hydrogens is 226 g/mol. The lowest BCUT2D eigenvalue weighted by Crippen LogP contribution is -2.49. The fourth-order valence-corrected chi connectivity index (χ4v) is 1.56. The average Bonchev–Trinajstić information content (AvgIpc) is 2.70. The zero-order chi connectivity index (χ0) is 11.6. The quantitative estimate of drug-likeness (QED) is 0.770. The Morgan fingerprint density at radius 3 is 2.50 bits per heavy atom. The highest BCUT2D eigenvalue weighted by molar-refractivity contribution is 6.30. The molecule has 0 aliphatic rings. The number of nitrogens with zero attached hydrogens (tertiary/aromatic N) is 3. The normalized spacial score (nSPS) is 11.7. The summed E-state index contributed by atoms with van der Waals surface area (Å²) in [5, 5.41) is 4.62. The van der Waals surface area contributed by atoms with E-state index in [4.69, 9.17) is 23.1 Å². The van der Waals surface area contributed by atoms with Gasteiger partial charge in [0.05, 0.1) is 6.54 Å². The highest BCUT2D eigenvalue weighted by Crippen LogP contribution is 2.17. The van der Waals surface area contributed by atoms with Crippen LogP contribution in [0.1, 0.15) is 5.56 Å². The molecule has 0 saturated heterocycles. The molecule has 5 nitrogen and oxygen atoms in total. The maximum Gasteiger partial charge on any atom is 0.137 e. The van der Waals surface area contributed by atoms with Crippen molar-refractivity contribution in [3.63, 3.8) is 0 Å². The first-order valence-electron chi connectivity index (χ1n) is 4.74. The lowest BCUT2D eigenvalue weighted by molar-refractivity contribution is 0.367. The Balaban J connectivity index is 2.21. The first kappa shape index (κ1) is 11.1. The maximum atomic E-state index is 6.03. The Kier molecular flexibility index (Phi) is 2.91. The third kappa shape index (κ3) is 2.38. The van der Waals surface area contributed by atoms with Gasteiger partial charge in [0.1, 0.15) is 18.3 Å². The third-order valence-corrected chi connectivity index (χ3v) is 2.52. The summed E-state index contributed by atoms with van der Waals surface area (Å²) in [6.45, 7) is 0.356. The predicted molar refractivity (Wildman–Crippen MR) is 61.5 cm³/mol. The second-order valence-electron chi connectivity index (χ2n) is 3.64. The lowest BCUT2D eigenvalue weighted by atomic mass is 10.0. The summed E-state index contributed by atoms with van der Waals surface area (Å²) in [5.41, 5.74) is 11.9. The van der Waals surface area contributed by atoms with Gasteiger partial charge >= 0.3 is 0 Å². The third-order valence-electron chi connectivity index (χ3n) is 2.27. The van der Waals surface area contributed by atoms with Crippen LogP contribution in [-0.4, -0.2) is 14.8 Å². The van der Waals surface area contributed by atoms with Crippen molar-refractivity contribution in [3.8, 4) is 0 Å². The van der Waals surface area contributed by atoms with Crippen molar-refractivity contribution >= 4 is 11.6 Å². The molecule has 0 radical (unpaired) electrons. The Hall–Kier alpha value is -1.43. The van der Waals surface area contributed by atoms with Gasteiger partial charge in [-0.1, -0.05) is 23.7 Å². The van der Waals surface area contributed by atoms with Gasteiger partial charge < -0.3 is 11.5 Å². The second kappa shape index (κ2) is 4.21. The maximum absolute atomic E-state index is 6.03. The van der Waals surface area contributed by atoms with Crippen LogP contribution in [0.25, 0.3) is 0 Å². The van der Waals surface area contributed by atoms with E-state index >= 15 is 0 Å². The first-order valence-corrected chi connectivity index (χ1v) is 5.12. The number of halogens is 1. The van der Waals surface area contributed by atoms with Crippen molar-refractivity contribution in [2.75, 3.05) is 0 Å². The average molecular weight is 238 g/mol. The highest BCUT2D eigenvalue weighted by atomic mass is 35.5. The van der Waals surface area contributed by atoms with Gasteiger partial charge in [0, 0.05) is 5.02 Å². The summed E-state index contributed by atoms with van der Waals surface area (Å²) in [4.78, 5) is 3.83. The number of hydrogen-bond donors (Lipinski definition) is 2. The molecule has 0 unspecified atom stereocenters. The van der Waals surface area contributed by atoms with Crippen molar-refractivity contribution in [1.82, 2.24) is 14.8 Å². The molecule has 16 heavy (non-hydrogen) atoms. The summed E-state index contributed by atoms with van der Waals surface area (Å²) in [7, 11) is 0. The molecule has 0 aliphatic carbocycles. The van der Waals surface area contributed by atoms with Crippen LogP contribution in [0.3, 0.4) is 0 Å². The van der Waals surface area contributed by atoms with Gasteiger partial charge in [-0.3, -0.25) is 0 Å². The van der Waals surface area contributed by atoms with Crippen LogP contribution in [-0.2, 0) is 12.2 Å². The monoisotopic (exact) mass is 237 g/mol. The SMILES string of the molecule is NC(N)(Cn1cncn1)c1ccc(Cl)cc1. The van der Waals surface area contributed by atoms with E-state index < -0.39 is 5.66 Å². The lowest BCUT2D eigenvalue weighted by Gasteiger charge is -2.24. The van der Waals surface area contributed by atoms with E-state index in [1.165, 1.54) is 6.33 Å². The van der Waals surface area contributed by atoms with Gasteiger partial charge in [0.15, 0.2) is 0 Å². The standard InChI is InChI=1S/C10H12ClN5/c11-9-3-1-8(2-4-9)10(12,13)5-16-7-14-6-15-16/h1-4,6-7H,5,12-13H2. The molecule has 2 rings (SSSR count). The van der Waals surface area contributed by atoms with Crippen molar-refractivity contribution < 1.29 is 0 Å².